The van der Waals surface area contributed by atoms with Crippen molar-refractivity contribution in [1.82, 2.24) is 0 Å². The van der Waals surface area contributed by atoms with E-state index in [4.69, 9.17) is 0 Å². The van der Waals surface area contributed by atoms with E-state index in [0.717, 1.165) is 13.1 Å². The molecule has 0 radical (unpaired) electrons. The number of hydrogen-bond acceptors (Lipinski definition) is 4. The summed E-state index contributed by atoms with van der Waals surface area (Å²) in [7, 11) is 4.08. The summed E-state index contributed by atoms with van der Waals surface area (Å²) in [6.07, 6.45) is 10.6. The summed E-state index contributed by atoms with van der Waals surface area (Å²) in [4.78, 5) is 0. The predicted molar refractivity (Wildman–Crippen MR) is 162 cm³/mol. The number of aromatic hydroxyl groups is 2. The molecule has 0 fully saturated rings. The highest BCUT2D eigenvalue weighted by Gasteiger charge is 2.00. The lowest BCUT2D eigenvalue weighted by atomic mass is 10.2. The molecule has 0 aliphatic carbocycles. The molecule has 38 heavy (non-hydrogen) atoms. The van der Waals surface area contributed by atoms with Crippen LogP contribution in [0.4, 0.5) is 0 Å². The number of phenolic OH excluding ortho intramolecular Hbond substituents is 2. The molecule has 0 unspecified atom stereocenters. The van der Waals surface area contributed by atoms with Gasteiger partial charge in [-0.25, -0.2) is 0 Å². The monoisotopic (exact) mass is 566 g/mol. The first-order valence-corrected chi connectivity index (χ1v) is 17.3. The second-order valence-electron chi connectivity index (χ2n) is 10.1. The number of rotatable bonds is 25. The third-order valence-electron chi connectivity index (χ3n) is 6.66. The molecule has 0 saturated carbocycles. The number of hydrogen-bond donors (Lipinski definition) is 6. The molecule has 0 spiro atoms. The summed E-state index contributed by atoms with van der Waals surface area (Å²) >= 11 is 0. The average molecular weight is 567 g/mol. The van der Waals surface area contributed by atoms with E-state index in [9.17, 15) is 10.2 Å². The molecular formula is C30H54N4O2S2+4. The largest absolute Gasteiger partial charge is 0.508 e. The van der Waals surface area contributed by atoms with Crippen molar-refractivity contribution in [2.75, 3.05) is 50.8 Å². The van der Waals surface area contributed by atoms with Crippen LogP contribution in [0, 0.1) is 0 Å². The minimum atomic E-state index is 0.347. The number of quaternary nitrogens is 4. The fourth-order valence-corrected chi connectivity index (χ4v) is 6.38. The summed E-state index contributed by atoms with van der Waals surface area (Å²) in [5, 5.41) is 28.4. The van der Waals surface area contributed by atoms with E-state index in [2.05, 4.69) is 21.3 Å². The predicted octanol–water partition coefficient (Wildman–Crippen LogP) is 1.55. The molecule has 0 saturated heterocycles. The molecule has 0 amide bonds. The van der Waals surface area contributed by atoms with Crippen molar-refractivity contribution < 1.29 is 31.5 Å². The maximum atomic E-state index is 9.32. The van der Waals surface area contributed by atoms with Gasteiger partial charge in [-0.1, -0.05) is 21.6 Å². The fourth-order valence-electron chi connectivity index (χ4n) is 4.33. The van der Waals surface area contributed by atoms with Crippen molar-refractivity contribution in [3.05, 3.63) is 59.7 Å². The summed E-state index contributed by atoms with van der Waals surface area (Å²) in [6, 6.07) is 15.1. The quantitative estimate of drug-likeness (QED) is 0.0810. The van der Waals surface area contributed by atoms with Crippen LogP contribution in [0.15, 0.2) is 48.5 Å². The van der Waals surface area contributed by atoms with Crippen LogP contribution in [0.3, 0.4) is 0 Å². The smallest absolute Gasteiger partial charge is 0.115 e. The maximum Gasteiger partial charge on any atom is 0.115 e. The van der Waals surface area contributed by atoms with Crippen molar-refractivity contribution in [1.29, 1.82) is 0 Å². The van der Waals surface area contributed by atoms with Crippen molar-refractivity contribution in [2.24, 2.45) is 0 Å². The van der Waals surface area contributed by atoms with E-state index in [0.29, 0.717) is 11.5 Å². The van der Waals surface area contributed by atoms with Gasteiger partial charge in [-0.05, 0) is 99.9 Å². The lowest BCUT2D eigenvalue weighted by Crippen LogP contribution is -2.85. The van der Waals surface area contributed by atoms with E-state index in [1.807, 2.05) is 45.9 Å². The first kappa shape index (κ1) is 32.8. The van der Waals surface area contributed by atoms with E-state index < -0.39 is 0 Å². The van der Waals surface area contributed by atoms with Crippen molar-refractivity contribution in [2.45, 2.75) is 64.5 Å². The average Bonchev–Trinajstić information content (AvgIpc) is 2.93. The Morgan fingerprint density at radius 1 is 0.421 bits per heavy atom. The van der Waals surface area contributed by atoms with Crippen LogP contribution in [-0.2, 0) is 13.1 Å². The Balaban J connectivity index is 1.19. The van der Waals surface area contributed by atoms with Gasteiger partial charge in [-0.15, -0.1) is 0 Å². The molecule has 0 aliphatic rings. The SMILES string of the molecule is Oc1ccc(C[NH2+]CCCCCC[NH2+]CCSSCC[NH2+]CCCCCC[NH2+]Cc2ccc(O)cc2)cc1. The van der Waals surface area contributed by atoms with Crippen molar-refractivity contribution in [3.63, 3.8) is 0 Å². The standard InChI is InChI=1S/C30H50N4O2S2/c35-29-13-9-27(10-14-29)25-33-19-7-3-1-5-17-31-21-23-37-38-24-22-32-18-6-2-4-8-20-34-26-28-11-15-30(36)16-12-28/h9-16,31-36H,1-8,17-26H2/p+4. The molecule has 10 N–H and O–H groups in total. The van der Waals surface area contributed by atoms with Gasteiger partial charge in [0.1, 0.15) is 24.6 Å². The second kappa shape index (κ2) is 23.5. The third-order valence-corrected chi connectivity index (χ3v) is 9.13. The number of benzene rings is 2. The zero-order chi connectivity index (χ0) is 26.9. The van der Waals surface area contributed by atoms with Crippen LogP contribution < -0.4 is 21.3 Å². The Kier molecular flexibility index (Phi) is 20.2. The molecule has 0 bridgehead atoms. The molecule has 0 aromatic heterocycles. The molecule has 2 aromatic rings. The Labute approximate surface area is 238 Å². The van der Waals surface area contributed by atoms with Gasteiger partial charge >= 0.3 is 0 Å². The normalized spacial score (nSPS) is 11.3. The second-order valence-corrected chi connectivity index (χ2v) is 12.8. The maximum absolute atomic E-state index is 9.32. The highest BCUT2D eigenvalue weighted by Crippen LogP contribution is 2.18. The van der Waals surface area contributed by atoms with Crippen LogP contribution in [0.25, 0.3) is 0 Å². The third kappa shape index (κ3) is 18.8. The van der Waals surface area contributed by atoms with E-state index in [1.165, 1.54) is 113 Å². The number of phenols is 2. The van der Waals surface area contributed by atoms with Crippen LogP contribution in [0.2, 0.25) is 0 Å². The van der Waals surface area contributed by atoms with Gasteiger partial charge in [0.05, 0.1) is 50.8 Å². The molecule has 0 atom stereocenters. The Morgan fingerprint density at radius 3 is 1.13 bits per heavy atom. The van der Waals surface area contributed by atoms with Crippen LogP contribution >= 0.6 is 21.6 Å². The molecule has 8 heteroatoms. The van der Waals surface area contributed by atoms with Gasteiger partial charge in [0.2, 0.25) is 0 Å². The zero-order valence-electron chi connectivity index (χ0n) is 23.4. The fraction of sp³-hybridized carbons (Fsp3) is 0.600. The van der Waals surface area contributed by atoms with Gasteiger partial charge in [0.25, 0.3) is 0 Å². The Hall–Kier alpha value is -1.42. The van der Waals surface area contributed by atoms with Gasteiger partial charge < -0.3 is 31.5 Å². The summed E-state index contributed by atoms with van der Waals surface area (Å²) in [5.74, 6) is 3.20. The van der Waals surface area contributed by atoms with Crippen molar-refractivity contribution >= 4 is 21.6 Å². The summed E-state index contributed by atoms with van der Waals surface area (Å²) < 4.78 is 0. The van der Waals surface area contributed by atoms with E-state index in [1.54, 1.807) is 24.3 Å². The van der Waals surface area contributed by atoms with Crippen LogP contribution in [-0.4, -0.2) is 61.0 Å². The van der Waals surface area contributed by atoms with E-state index in [-0.39, 0.29) is 0 Å². The molecule has 2 aromatic carbocycles. The molecule has 6 nitrogen and oxygen atoms in total. The Bertz CT molecular complexity index is 726. The topological polar surface area (TPSA) is 107 Å². The van der Waals surface area contributed by atoms with Crippen molar-refractivity contribution in [3.8, 4) is 11.5 Å². The number of unbranched alkanes of at least 4 members (excludes halogenated alkanes) is 6. The van der Waals surface area contributed by atoms with Crippen LogP contribution in [0.5, 0.6) is 11.5 Å². The van der Waals surface area contributed by atoms with Gasteiger partial charge in [0, 0.05) is 11.1 Å². The van der Waals surface area contributed by atoms with Gasteiger partial charge in [-0.2, -0.15) is 0 Å². The minimum Gasteiger partial charge on any atom is -0.508 e. The molecule has 0 heterocycles. The zero-order valence-corrected chi connectivity index (χ0v) is 25.0. The van der Waals surface area contributed by atoms with Gasteiger partial charge in [-0.3, -0.25) is 0 Å². The summed E-state index contributed by atoms with van der Waals surface area (Å²) in [6.45, 7) is 9.43. The minimum absolute atomic E-state index is 0.347. The molecule has 0 aliphatic heterocycles. The highest BCUT2D eigenvalue weighted by molar-refractivity contribution is 8.76. The Morgan fingerprint density at radius 2 is 0.763 bits per heavy atom. The first-order valence-electron chi connectivity index (χ1n) is 14.8. The first-order chi connectivity index (χ1) is 18.7. The molecule has 2 rings (SSSR count). The molecule has 214 valence electrons. The lowest BCUT2D eigenvalue weighted by molar-refractivity contribution is -0.671. The lowest BCUT2D eigenvalue weighted by Gasteiger charge is -2.04. The van der Waals surface area contributed by atoms with Crippen LogP contribution in [0.1, 0.15) is 62.5 Å². The molecular weight excluding hydrogens is 512 g/mol. The summed E-state index contributed by atoms with van der Waals surface area (Å²) in [5.41, 5.74) is 2.56. The number of nitrogens with two attached hydrogens (primary N) is 4. The van der Waals surface area contributed by atoms with E-state index >= 15 is 0 Å². The van der Waals surface area contributed by atoms with Gasteiger partial charge in [0.15, 0.2) is 0 Å². The highest BCUT2D eigenvalue weighted by atomic mass is 33.1.